The van der Waals surface area contributed by atoms with Crippen LogP contribution in [0, 0.1) is 0 Å². The third-order valence-corrected chi connectivity index (χ3v) is 3.05. The Morgan fingerprint density at radius 1 is 1.47 bits per heavy atom. The number of carbonyl (C=O) groups is 1. The van der Waals surface area contributed by atoms with Gasteiger partial charge in [0.05, 0.1) is 16.6 Å². The van der Waals surface area contributed by atoms with Crippen LogP contribution in [0.15, 0.2) is 23.0 Å². The Hall–Kier alpha value is -2.08. The van der Waals surface area contributed by atoms with Crippen molar-refractivity contribution in [2.75, 3.05) is 20.6 Å². The normalized spacial score (nSPS) is 13.1. The van der Waals surface area contributed by atoms with E-state index in [1.54, 1.807) is 16.7 Å². The third-order valence-electron chi connectivity index (χ3n) is 3.05. The van der Waals surface area contributed by atoms with E-state index in [1.165, 1.54) is 6.07 Å². The number of nitrogens with zero attached hydrogens (tertiary/aromatic N) is 2. The number of nitrogens with one attached hydrogen (secondary N) is 1. The molecule has 102 valence electrons. The van der Waals surface area contributed by atoms with Crippen LogP contribution in [0.1, 0.15) is 23.3 Å². The zero-order chi connectivity index (χ0) is 14.2. The summed E-state index contributed by atoms with van der Waals surface area (Å²) in [5.74, 6) is -1.04. The number of imidazole rings is 1. The topological polar surface area (TPSA) is 78.3 Å². The average Bonchev–Trinajstić information content (AvgIpc) is 2.63. The smallest absolute Gasteiger partial charge is 0.337 e. The highest BCUT2D eigenvalue weighted by atomic mass is 16.4. The molecular weight excluding hydrogens is 246 g/mol. The average molecular weight is 263 g/mol. The molecule has 6 heteroatoms. The lowest BCUT2D eigenvalue weighted by atomic mass is 10.2. The largest absolute Gasteiger partial charge is 0.478 e. The summed E-state index contributed by atoms with van der Waals surface area (Å²) >= 11 is 0. The van der Waals surface area contributed by atoms with Gasteiger partial charge in [0, 0.05) is 12.6 Å². The van der Waals surface area contributed by atoms with E-state index in [0.29, 0.717) is 17.6 Å². The molecule has 0 spiro atoms. The van der Waals surface area contributed by atoms with Crippen LogP contribution in [-0.2, 0) is 0 Å². The maximum atomic E-state index is 12.0. The van der Waals surface area contributed by atoms with Crippen LogP contribution in [0.2, 0.25) is 0 Å². The van der Waals surface area contributed by atoms with Gasteiger partial charge < -0.3 is 15.0 Å². The van der Waals surface area contributed by atoms with Gasteiger partial charge in [0.1, 0.15) is 0 Å². The van der Waals surface area contributed by atoms with Crippen LogP contribution in [0.3, 0.4) is 0 Å². The minimum Gasteiger partial charge on any atom is -0.478 e. The van der Waals surface area contributed by atoms with E-state index in [4.69, 9.17) is 5.11 Å². The van der Waals surface area contributed by atoms with Gasteiger partial charge in [0.2, 0.25) is 0 Å². The number of aromatic nitrogens is 2. The molecule has 0 aliphatic heterocycles. The first-order valence-electron chi connectivity index (χ1n) is 6.03. The summed E-state index contributed by atoms with van der Waals surface area (Å²) in [7, 11) is 3.86. The number of para-hydroxylation sites is 1. The van der Waals surface area contributed by atoms with Gasteiger partial charge in [0.25, 0.3) is 0 Å². The van der Waals surface area contributed by atoms with Gasteiger partial charge in [-0.25, -0.2) is 9.59 Å². The first-order chi connectivity index (χ1) is 8.91. The lowest BCUT2D eigenvalue weighted by molar-refractivity contribution is 0.0699. The second-order valence-corrected chi connectivity index (χ2v) is 4.92. The molecule has 0 amide bonds. The summed E-state index contributed by atoms with van der Waals surface area (Å²) in [5, 5.41) is 9.13. The summed E-state index contributed by atoms with van der Waals surface area (Å²) in [6, 6.07) is 4.85. The summed E-state index contributed by atoms with van der Waals surface area (Å²) < 4.78 is 1.60. The van der Waals surface area contributed by atoms with Gasteiger partial charge >= 0.3 is 11.7 Å². The number of rotatable bonds is 4. The Kier molecular flexibility index (Phi) is 3.44. The number of carboxylic acids is 1. The zero-order valence-corrected chi connectivity index (χ0v) is 11.2. The van der Waals surface area contributed by atoms with Crippen LogP contribution in [0.25, 0.3) is 11.0 Å². The number of benzene rings is 1. The van der Waals surface area contributed by atoms with Crippen LogP contribution in [0.5, 0.6) is 0 Å². The van der Waals surface area contributed by atoms with Gasteiger partial charge in [-0.15, -0.1) is 0 Å². The van der Waals surface area contributed by atoms with Crippen LogP contribution in [0.4, 0.5) is 0 Å². The van der Waals surface area contributed by atoms with Crippen molar-refractivity contribution in [3.8, 4) is 0 Å². The molecule has 1 unspecified atom stereocenters. The minimum absolute atomic E-state index is 0.0414. The Morgan fingerprint density at radius 3 is 2.74 bits per heavy atom. The number of likely N-dealkylation sites (N-methyl/N-ethyl adjacent to an activating group) is 1. The zero-order valence-electron chi connectivity index (χ0n) is 11.2. The molecule has 19 heavy (non-hydrogen) atoms. The van der Waals surface area contributed by atoms with Crippen molar-refractivity contribution in [3.63, 3.8) is 0 Å². The monoisotopic (exact) mass is 263 g/mol. The molecule has 0 radical (unpaired) electrons. The van der Waals surface area contributed by atoms with E-state index in [-0.39, 0.29) is 17.3 Å². The molecule has 2 rings (SSSR count). The standard InChI is InChI=1S/C13H17N3O3/c1-8(7-15(2)3)16-10-6-4-5-9(12(17)18)11(10)14-13(16)19/h4-6,8H,7H2,1-3H3,(H,14,19)(H,17,18). The van der Waals surface area contributed by atoms with Gasteiger partial charge in [-0.3, -0.25) is 4.57 Å². The fourth-order valence-electron chi connectivity index (χ4n) is 2.37. The minimum atomic E-state index is -1.04. The lowest BCUT2D eigenvalue weighted by Crippen LogP contribution is -2.28. The van der Waals surface area contributed by atoms with Crippen molar-refractivity contribution in [2.45, 2.75) is 13.0 Å². The van der Waals surface area contributed by atoms with Crippen molar-refractivity contribution in [1.29, 1.82) is 0 Å². The predicted octanol–water partition coefficient (Wildman–Crippen LogP) is 1.15. The Bertz CT molecular complexity index is 669. The van der Waals surface area contributed by atoms with Crippen molar-refractivity contribution in [1.82, 2.24) is 14.5 Å². The third kappa shape index (κ3) is 2.39. The SMILES string of the molecule is CC(CN(C)C)n1c(=O)[nH]c2c(C(=O)O)cccc21. The molecule has 6 nitrogen and oxygen atoms in total. The molecule has 2 N–H and O–H groups in total. The highest BCUT2D eigenvalue weighted by Gasteiger charge is 2.17. The van der Waals surface area contributed by atoms with E-state index in [9.17, 15) is 9.59 Å². The van der Waals surface area contributed by atoms with E-state index < -0.39 is 5.97 Å². The van der Waals surface area contributed by atoms with Crippen molar-refractivity contribution >= 4 is 17.0 Å². The van der Waals surface area contributed by atoms with E-state index in [1.807, 2.05) is 25.9 Å². The highest BCUT2D eigenvalue weighted by Crippen LogP contribution is 2.18. The molecular formula is C13H17N3O3. The van der Waals surface area contributed by atoms with Gasteiger partial charge in [-0.2, -0.15) is 0 Å². The Morgan fingerprint density at radius 2 is 2.16 bits per heavy atom. The maximum absolute atomic E-state index is 12.0. The number of hydrogen-bond donors (Lipinski definition) is 2. The number of hydrogen-bond acceptors (Lipinski definition) is 3. The second kappa shape index (κ2) is 4.89. The van der Waals surface area contributed by atoms with E-state index in [0.717, 1.165) is 0 Å². The molecule has 0 bridgehead atoms. The molecule has 2 aromatic rings. The molecule has 0 fully saturated rings. The molecule has 1 heterocycles. The van der Waals surface area contributed by atoms with Crippen molar-refractivity contribution < 1.29 is 9.90 Å². The molecule has 0 saturated carbocycles. The first kappa shape index (κ1) is 13.4. The molecule has 1 aromatic carbocycles. The molecule has 1 atom stereocenters. The van der Waals surface area contributed by atoms with Crippen LogP contribution in [-0.4, -0.2) is 46.2 Å². The maximum Gasteiger partial charge on any atom is 0.337 e. The molecule has 1 aromatic heterocycles. The highest BCUT2D eigenvalue weighted by molar-refractivity contribution is 6.00. The van der Waals surface area contributed by atoms with Gasteiger partial charge in [0.15, 0.2) is 0 Å². The van der Waals surface area contributed by atoms with Gasteiger partial charge in [-0.1, -0.05) is 6.07 Å². The molecule has 0 saturated heterocycles. The fraction of sp³-hybridized carbons (Fsp3) is 0.385. The first-order valence-corrected chi connectivity index (χ1v) is 6.03. The summed E-state index contributed by atoms with van der Waals surface area (Å²) in [5.41, 5.74) is 0.841. The van der Waals surface area contributed by atoms with Crippen LogP contribution < -0.4 is 5.69 Å². The predicted molar refractivity (Wildman–Crippen MR) is 72.8 cm³/mol. The van der Waals surface area contributed by atoms with Crippen molar-refractivity contribution in [2.24, 2.45) is 0 Å². The number of aromatic carboxylic acids is 1. The number of aromatic amines is 1. The number of H-pyrrole nitrogens is 1. The lowest BCUT2D eigenvalue weighted by Gasteiger charge is -2.18. The Balaban J connectivity index is 2.63. The number of fused-ring (bicyclic) bond motifs is 1. The quantitative estimate of drug-likeness (QED) is 0.867. The van der Waals surface area contributed by atoms with Gasteiger partial charge in [-0.05, 0) is 33.2 Å². The molecule has 0 aliphatic carbocycles. The summed E-state index contributed by atoms with van der Waals surface area (Å²) in [6.45, 7) is 2.63. The fourth-order valence-corrected chi connectivity index (χ4v) is 2.37. The van der Waals surface area contributed by atoms with Crippen molar-refractivity contribution in [3.05, 3.63) is 34.2 Å². The van der Waals surface area contributed by atoms with E-state index in [2.05, 4.69) is 4.98 Å². The van der Waals surface area contributed by atoms with Crippen LogP contribution >= 0.6 is 0 Å². The molecule has 0 aliphatic rings. The number of carboxylic acid groups (broad SMARTS) is 1. The summed E-state index contributed by atoms with van der Waals surface area (Å²) in [4.78, 5) is 27.8. The van der Waals surface area contributed by atoms with E-state index >= 15 is 0 Å². The summed E-state index contributed by atoms with van der Waals surface area (Å²) in [6.07, 6.45) is 0. The Labute approximate surface area is 110 Å². The second-order valence-electron chi connectivity index (χ2n) is 4.92.